The Bertz CT molecular complexity index is 661. The summed E-state index contributed by atoms with van der Waals surface area (Å²) in [5.74, 6) is 0.0349. The first-order chi connectivity index (χ1) is 11.5. The zero-order valence-corrected chi connectivity index (χ0v) is 13.6. The van der Waals surface area contributed by atoms with Crippen LogP contribution in [0.5, 0.6) is 5.75 Å². The van der Waals surface area contributed by atoms with Gasteiger partial charge < -0.3 is 26.0 Å². The molecule has 0 bridgehead atoms. The number of carbonyl (C=O) groups excluding carboxylic acids is 1. The Hall–Kier alpha value is -2.28. The minimum Gasteiger partial charge on any atom is -0.484 e. The number of hydrogen-bond donors (Lipinski definition) is 4. The molecule has 24 heavy (non-hydrogen) atoms. The molecule has 0 spiro atoms. The van der Waals surface area contributed by atoms with Crippen molar-refractivity contribution in [1.29, 1.82) is 0 Å². The molecule has 0 saturated carbocycles. The lowest BCUT2D eigenvalue weighted by Crippen LogP contribution is -2.43. The molecule has 2 aromatic carbocycles. The lowest BCUT2D eigenvalue weighted by Gasteiger charge is -2.22. The van der Waals surface area contributed by atoms with Crippen LogP contribution >= 0.6 is 11.6 Å². The highest BCUT2D eigenvalue weighted by Crippen LogP contribution is 2.18. The first-order valence-corrected chi connectivity index (χ1v) is 7.69. The molecule has 6 nitrogen and oxygen atoms in total. The minimum absolute atomic E-state index is 0.243. The van der Waals surface area contributed by atoms with E-state index in [-0.39, 0.29) is 6.61 Å². The second-order valence-corrected chi connectivity index (χ2v) is 5.65. The van der Waals surface area contributed by atoms with Crippen molar-refractivity contribution in [1.82, 2.24) is 5.32 Å². The van der Waals surface area contributed by atoms with Crippen molar-refractivity contribution in [3.05, 3.63) is 59.1 Å². The third-order valence-electron chi connectivity index (χ3n) is 3.39. The molecule has 0 heterocycles. The molecule has 2 aromatic rings. The number of hydrogen-bond acceptors (Lipinski definition) is 5. The Balaban J connectivity index is 1.90. The Morgan fingerprint density at radius 3 is 2.38 bits per heavy atom. The van der Waals surface area contributed by atoms with Crippen LogP contribution in [0.3, 0.4) is 0 Å². The molecule has 0 aliphatic carbocycles. The molecule has 7 heteroatoms. The van der Waals surface area contributed by atoms with E-state index >= 15 is 0 Å². The van der Waals surface area contributed by atoms with Crippen molar-refractivity contribution in [2.75, 3.05) is 18.9 Å². The van der Waals surface area contributed by atoms with Gasteiger partial charge in [-0.25, -0.2) is 0 Å². The van der Waals surface area contributed by atoms with Crippen LogP contribution < -0.4 is 15.8 Å². The fraction of sp³-hybridized carbons (Fsp3) is 0.235. The number of nitrogens with one attached hydrogen (secondary N) is 1. The van der Waals surface area contributed by atoms with Gasteiger partial charge in [0.1, 0.15) is 11.9 Å². The summed E-state index contributed by atoms with van der Waals surface area (Å²) in [6.07, 6.45) is -1.06. The summed E-state index contributed by atoms with van der Waals surface area (Å²) in [6.45, 7) is -0.662. The van der Waals surface area contributed by atoms with Crippen molar-refractivity contribution in [2.45, 2.75) is 12.1 Å². The van der Waals surface area contributed by atoms with Crippen LogP contribution in [0.15, 0.2) is 48.5 Å². The summed E-state index contributed by atoms with van der Waals surface area (Å²) in [5, 5.41) is 22.8. The SMILES string of the molecule is Nc1ccc(C(O)C(CO)NC(=O)COc2ccc(Cl)cc2)cc1. The predicted octanol–water partition coefficient (Wildman–Crippen LogP) is 1.51. The lowest BCUT2D eigenvalue weighted by molar-refractivity contribution is -0.125. The van der Waals surface area contributed by atoms with Gasteiger partial charge in [-0.2, -0.15) is 0 Å². The van der Waals surface area contributed by atoms with Gasteiger partial charge in [-0.05, 0) is 42.0 Å². The summed E-state index contributed by atoms with van der Waals surface area (Å²) in [4.78, 5) is 11.9. The summed E-state index contributed by atoms with van der Waals surface area (Å²) >= 11 is 5.77. The third-order valence-corrected chi connectivity index (χ3v) is 3.64. The van der Waals surface area contributed by atoms with Crippen molar-refractivity contribution in [3.8, 4) is 5.75 Å². The highest BCUT2D eigenvalue weighted by atomic mass is 35.5. The fourth-order valence-corrected chi connectivity index (χ4v) is 2.20. The molecule has 0 radical (unpaired) electrons. The van der Waals surface area contributed by atoms with E-state index < -0.39 is 24.7 Å². The first-order valence-electron chi connectivity index (χ1n) is 7.31. The maximum absolute atomic E-state index is 11.9. The van der Waals surface area contributed by atoms with Gasteiger partial charge in [0.2, 0.25) is 0 Å². The maximum atomic E-state index is 11.9. The summed E-state index contributed by atoms with van der Waals surface area (Å²) < 4.78 is 5.32. The highest BCUT2D eigenvalue weighted by molar-refractivity contribution is 6.30. The zero-order chi connectivity index (χ0) is 17.5. The van der Waals surface area contributed by atoms with Crippen LogP contribution in [0.4, 0.5) is 5.69 Å². The quantitative estimate of drug-likeness (QED) is 0.567. The number of ether oxygens (including phenoxy) is 1. The van der Waals surface area contributed by atoms with Crippen molar-refractivity contribution in [2.24, 2.45) is 0 Å². The van der Waals surface area contributed by atoms with Gasteiger partial charge in [0.05, 0.1) is 12.6 Å². The highest BCUT2D eigenvalue weighted by Gasteiger charge is 2.22. The third kappa shape index (κ3) is 5.13. The number of nitrogens with two attached hydrogens (primary N) is 1. The van der Waals surface area contributed by atoms with Crippen molar-refractivity contribution >= 4 is 23.2 Å². The van der Waals surface area contributed by atoms with Crippen LogP contribution in [0.1, 0.15) is 11.7 Å². The zero-order valence-electron chi connectivity index (χ0n) is 12.9. The Labute approximate surface area is 144 Å². The van der Waals surface area contributed by atoms with E-state index in [1.165, 1.54) is 0 Å². The number of amides is 1. The Kier molecular flexibility index (Phi) is 6.43. The lowest BCUT2D eigenvalue weighted by atomic mass is 10.0. The van der Waals surface area contributed by atoms with E-state index in [1.807, 2.05) is 0 Å². The van der Waals surface area contributed by atoms with E-state index in [0.717, 1.165) is 0 Å². The number of carbonyl (C=O) groups is 1. The van der Waals surface area contributed by atoms with Crippen LogP contribution in [0.25, 0.3) is 0 Å². The molecule has 2 atom stereocenters. The molecule has 2 rings (SSSR count). The van der Waals surface area contributed by atoms with Crippen LogP contribution in [0, 0.1) is 0 Å². The summed E-state index contributed by atoms with van der Waals surface area (Å²) in [5.41, 5.74) is 6.70. The molecule has 0 fully saturated rings. The predicted molar refractivity (Wildman–Crippen MR) is 91.8 cm³/mol. The molecule has 128 valence electrons. The van der Waals surface area contributed by atoms with Gasteiger partial charge in [0.25, 0.3) is 5.91 Å². The monoisotopic (exact) mass is 350 g/mol. The second kappa shape index (κ2) is 8.54. The van der Waals surface area contributed by atoms with E-state index in [1.54, 1.807) is 48.5 Å². The first kappa shape index (κ1) is 18.1. The summed E-state index contributed by atoms with van der Waals surface area (Å²) in [7, 11) is 0. The molecule has 0 aliphatic heterocycles. The van der Waals surface area contributed by atoms with Crippen molar-refractivity contribution < 1.29 is 19.7 Å². The number of rotatable bonds is 7. The van der Waals surface area contributed by atoms with Crippen LogP contribution in [-0.2, 0) is 4.79 Å². The van der Waals surface area contributed by atoms with E-state index in [4.69, 9.17) is 22.1 Å². The number of benzene rings is 2. The van der Waals surface area contributed by atoms with E-state index in [0.29, 0.717) is 22.0 Å². The second-order valence-electron chi connectivity index (χ2n) is 5.21. The van der Waals surface area contributed by atoms with Crippen molar-refractivity contribution in [3.63, 3.8) is 0 Å². The number of aliphatic hydroxyl groups excluding tert-OH is 2. The standard InChI is InChI=1S/C17H19ClN2O4/c18-12-3-7-14(8-4-12)24-10-16(22)20-15(9-21)17(23)11-1-5-13(19)6-2-11/h1-8,15,17,21,23H,9-10,19H2,(H,20,22). The number of halogens is 1. The normalized spacial score (nSPS) is 13.1. The number of aliphatic hydroxyl groups is 2. The van der Waals surface area contributed by atoms with E-state index in [9.17, 15) is 15.0 Å². The fourth-order valence-electron chi connectivity index (χ4n) is 2.08. The smallest absolute Gasteiger partial charge is 0.258 e. The minimum atomic E-state index is -1.06. The van der Waals surface area contributed by atoms with Gasteiger partial charge in [-0.1, -0.05) is 23.7 Å². The molecule has 0 aliphatic rings. The molecule has 2 unspecified atom stereocenters. The maximum Gasteiger partial charge on any atom is 0.258 e. The number of nitrogen functional groups attached to an aromatic ring is 1. The molecule has 0 saturated heterocycles. The van der Waals surface area contributed by atoms with Crippen LogP contribution in [-0.4, -0.2) is 35.4 Å². The molecule has 0 aromatic heterocycles. The van der Waals surface area contributed by atoms with E-state index in [2.05, 4.69) is 5.32 Å². The average molecular weight is 351 g/mol. The van der Waals surface area contributed by atoms with Gasteiger partial charge in [-0.3, -0.25) is 4.79 Å². The summed E-state index contributed by atoms with van der Waals surface area (Å²) in [6, 6.07) is 12.3. The topological polar surface area (TPSA) is 105 Å². The van der Waals surface area contributed by atoms with Gasteiger partial charge >= 0.3 is 0 Å². The van der Waals surface area contributed by atoms with Gasteiger partial charge in [0, 0.05) is 10.7 Å². The number of anilines is 1. The Morgan fingerprint density at radius 1 is 1.17 bits per heavy atom. The van der Waals surface area contributed by atoms with Crippen LogP contribution in [0.2, 0.25) is 5.02 Å². The largest absolute Gasteiger partial charge is 0.484 e. The average Bonchev–Trinajstić information content (AvgIpc) is 2.59. The van der Waals surface area contributed by atoms with Gasteiger partial charge in [0.15, 0.2) is 6.61 Å². The molecule has 1 amide bonds. The molecule has 5 N–H and O–H groups in total. The molecular formula is C17H19ClN2O4. The Morgan fingerprint density at radius 2 is 1.79 bits per heavy atom. The van der Waals surface area contributed by atoms with Gasteiger partial charge in [-0.15, -0.1) is 0 Å². The molecular weight excluding hydrogens is 332 g/mol.